The summed E-state index contributed by atoms with van der Waals surface area (Å²) in [4.78, 5) is 16.4. The molecule has 0 bridgehead atoms. The molecule has 0 aliphatic carbocycles. The van der Waals surface area contributed by atoms with E-state index in [9.17, 15) is 4.79 Å². The zero-order valence-corrected chi connectivity index (χ0v) is 13.1. The molecule has 0 saturated carbocycles. The van der Waals surface area contributed by atoms with E-state index in [1.165, 1.54) is 0 Å². The van der Waals surface area contributed by atoms with Crippen molar-refractivity contribution in [3.05, 3.63) is 29.8 Å². The van der Waals surface area contributed by atoms with Crippen LogP contribution in [-0.2, 0) is 9.63 Å². The molecule has 5 heteroatoms. The zero-order valence-electron chi connectivity index (χ0n) is 13.1. The summed E-state index contributed by atoms with van der Waals surface area (Å²) in [6, 6.07) is 7.54. The topological polar surface area (TPSA) is 59.9 Å². The Balaban J connectivity index is 2.45. The molecule has 0 atom stereocenters. The van der Waals surface area contributed by atoms with Crippen LogP contribution < -0.4 is 10.1 Å². The van der Waals surface area contributed by atoms with Gasteiger partial charge in [0.05, 0.1) is 12.3 Å². The van der Waals surface area contributed by atoms with Crippen molar-refractivity contribution in [1.82, 2.24) is 5.32 Å². The minimum absolute atomic E-state index is 0.0854. The molecule has 0 radical (unpaired) electrons. The maximum Gasteiger partial charge on any atom is 0.260 e. The highest BCUT2D eigenvalue weighted by molar-refractivity contribution is 5.83. The smallest absolute Gasteiger partial charge is 0.260 e. The number of hydrogen-bond donors (Lipinski definition) is 1. The molecule has 0 unspecified atom stereocenters. The third-order valence-electron chi connectivity index (χ3n) is 2.45. The summed E-state index contributed by atoms with van der Waals surface area (Å²) in [6.45, 7) is 8.54. The minimum Gasteiger partial charge on any atom is -0.490 e. The van der Waals surface area contributed by atoms with E-state index >= 15 is 0 Å². The molecule has 0 aliphatic rings. The summed E-state index contributed by atoms with van der Waals surface area (Å²) in [5.41, 5.74) is 0.814. The molecule has 0 spiro atoms. The normalized spacial score (nSPS) is 11.1. The highest BCUT2D eigenvalue weighted by atomic mass is 16.6. The summed E-state index contributed by atoms with van der Waals surface area (Å²) >= 11 is 0. The fourth-order valence-corrected chi connectivity index (χ4v) is 1.51. The number of nitrogens with one attached hydrogen (secondary N) is 1. The van der Waals surface area contributed by atoms with Crippen LogP contribution in [0.3, 0.4) is 0 Å². The zero-order chi connectivity index (χ0) is 15.7. The Labute approximate surface area is 126 Å². The van der Waals surface area contributed by atoms with Gasteiger partial charge in [0.1, 0.15) is 5.75 Å². The summed E-state index contributed by atoms with van der Waals surface area (Å²) in [5.74, 6) is 0.981. The summed E-state index contributed by atoms with van der Waals surface area (Å²) < 4.78 is 5.66. The van der Waals surface area contributed by atoms with E-state index in [-0.39, 0.29) is 18.6 Å². The highest BCUT2D eigenvalue weighted by Gasteiger charge is 2.04. The molecule has 1 amide bonds. The summed E-state index contributed by atoms with van der Waals surface area (Å²) in [7, 11) is 0. The number of para-hydroxylation sites is 1. The molecule has 1 aromatic rings. The summed E-state index contributed by atoms with van der Waals surface area (Å²) in [5, 5.41) is 6.57. The van der Waals surface area contributed by atoms with Crippen molar-refractivity contribution in [1.29, 1.82) is 0 Å². The molecule has 116 valence electrons. The Morgan fingerprint density at radius 3 is 2.67 bits per heavy atom. The lowest BCUT2D eigenvalue weighted by atomic mass is 10.2. The highest BCUT2D eigenvalue weighted by Crippen LogP contribution is 2.17. The number of carbonyl (C=O) groups excluding carboxylic acids is 1. The molecule has 0 saturated heterocycles. The van der Waals surface area contributed by atoms with Crippen molar-refractivity contribution in [2.24, 2.45) is 11.1 Å². The molecular weight excluding hydrogens is 268 g/mol. The van der Waals surface area contributed by atoms with Crippen molar-refractivity contribution < 1.29 is 14.4 Å². The first-order valence-corrected chi connectivity index (χ1v) is 7.16. The Kier molecular flexibility index (Phi) is 7.29. The summed E-state index contributed by atoms with van der Waals surface area (Å²) in [6.07, 6.45) is 1.63. The lowest BCUT2D eigenvalue weighted by Crippen LogP contribution is -2.30. The van der Waals surface area contributed by atoms with E-state index in [1.807, 2.05) is 52.0 Å². The monoisotopic (exact) mass is 292 g/mol. The van der Waals surface area contributed by atoms with E-state index in [1.54, 1.807) is 6.21 Å². The van der Waals surface area contributed by atoms with Gasteiger partial charge in [0.2, 0.25) is 0 Å². The Morgan fingerprint density at radius 2 is 2.00 bits per heavy atom. The fraction of sp³-hybridized carbons (Fsp3) is 0.500. The van der Waals surface area contributed by atoms with E-state index in [0.29, 0.717) is 12.5 Å². The second-order valence-electron chi connectivity index (χ2n) is 5.41. The Morgan fingerprint density at radius 1 is 1.29 bits per heavy atom. The second kappa shape index (κ2) is 9.00. The predicted octanol–water partition coefficient (Wildman–Crippen LogP) is 2.60. The van der Waals surface area contributed by atoms with Gasteiger partial charge in [0, 0.05) is 12.1 Å². The van der Waals surface area contributed by atoms with Crippen molar-refractivity contribution in [3.8, 4) is 5.75 Å². The molecule has 0 heterocycles. The lowest BCUT2D eigenvalue weighted by Gasteiger charge is -2.11. The minimum atomic E-state index is -0.174. The molecule has 1 rings (SSSR count). The van der Waals surface area contributed by atoms with E-state index in [0.717, 1.165) is 11.3 Å². The first-order valence-electron chi connectivity index (χ1n) is 7.16. The van der Waals surface area contributed by atoms with Crippen molar-refractivity contribution in [3.63, 3.8) is 0 Å². The SMILES string of the molecule is CC(C)CNC(=O)CO/N=C/c1ccccc1OC(C)C. The van der Waals surface area contributed by atoms with Gasteiger partial charge in [0.25, 0.3) is 5.91 Å². The molecule has 0 aromatic heterocycles. The van der Waals surface area contributed by atoms with Crippen molar-refractivity contribution in [2.45, 2.75) is 33.8 Å². The van der Waals surface area contributed by atoms with Gasteiger partial charge in [0.15, 0.2) is 6.61 Å². The fourth-order valence-electron chi connectivity index (χ4n) is 1.51. The van der Waals surface area contributed by atoms with Crippen LogP contribution in [0.5, 0.6) is 5.75 Å². The van der Waals surface area contributed by atoms with Crippen molar-refractivity contribution >= 4 is 12.1 Å². The van der Waals surface area contributed by atoms with Gasteiger partial charge in [-0.1, -0.05) is 31.1 Å². The van der Waals surface area contributed by atoms with Crippen LogP contribution in [0.2, 0.25) is 0 Å². The maximum atomic E-state index is 11.4. The van der Waals surface area contributed by atoms with Crippen LogP contribution in [0.4, 0.5) is 0 Å². The predicted molar refractivity (Wildman–Crippen MR) is 83.6 cm³/mol. The first kappa shape index (κ1) is 17.0. The molecule has 0 aliphatic heterocycles. The number of hydrogen-bond acceptors (Lipinski definition) is 4. The average Bonchev–Trinajstić information content (AvgIpc) is 2.42. The Bertz CT molecular complexity index is 470. The molecule has 21 heavy (non-hydrogen) atoms. The number of benzene rings is 1. The quantitative estimate of drug-likeness (QED) is 0.592. The van der Waals surface area contributed by atoms with Gasteiger partial charge in [-0.3, -0.25) is 4.79 Å². The Hall–Kier alpha value is -2.04. The van der Waals surface area contributed by atoms with E-state index < -0.39 is 0 Å². The third kappa shape index (κ3) is 7.34. The largest absolute Gasteiger partial charge is 0.490 e. The second-order valence-corrected chi connectivity index (χ2v) is 5.41. The van der Waals surface area contributed by atoms with Gasteiger partial charge in [-0.2, -0.15) is 0 Å². The van der Waals surface area contributed by atoms with Gasteiger partial charge in [-0.15, -0.1) is 0 Å². The number of rotatable bonds is 8. The van der Waals surface area contributed by atoms with Crippen LogP contribution in [0.1, 0.15) is 33.3 Å². The van der Waals surface area contributed by atoms with Gasteiger partial charge < -0.3 is 14.9 Å². The van der Waals surface area contributed by atoms with E-state index in [2.05, 4.69) is 10.5 Å². The lowest BCUT2D eigenvalue weighted by molar-refractivity contribution is -0.125. The number of carbonyl (C=O) groups is 1. The third-order valence-corrected chi connectivity index (χ3v) is 2.45. The number of amides is 1. The number of nitrogens with zero attached hydrogens (tertiary/aromatic N) is 1. The number of oxime groups is 1. The number of ether oxygens (including phenoxy) is 1. The average molecular weight is 292 g/mol. The molecule has 0 fully saturated rings. The molecule has 1 aromatic carbocycles. The van der Waals surface area contributed by atoms with Gasteiger partial charge >= 0.3 is 0 Å². The van der Waals surface area contributed by atoms with Gasteiger partial charge in [-0.25, -0.2) is 0 Å². The van der Waals surface area contributed by atoms with E-state index in [4.69, 9.17) is 9.57 Å². The maximum absolute atomic E-state index is 11.4. The first-order chi connectivity index (χ1) is 9.99. The molecular formula is C16H24N2O3. The van der Waals surface area contributed by atoms with Crippen LogP contribution in [-0.4, -0.2) is 31.4 Å². The molecule has 1 N–H and O–H groups in total. The van der Waals surface area contributed by atoms with Crippen LogP contribution in [0.15, 0.2) is 29.4 Å². The van der Waals surface area contributed by atoms with Gasteiger partial charge in [-0.05, 0) is 31.9 Å². The van der Waals surface area contributed by atoms with Crippen molar-refractivity contribution in [2.75, 3.05) is 13.2 Å². The van der Waals surface area contributed by atoms with Crippen LogP contribution >= 0.6 is 0 Å². The van der Waals surface area contributed by atoms with Crippen LogP contribution in [0.25, 0.3) is 0 Å². The standard InChI is InChI=1S/C16H24N2O3/c1-12(2)9-17-16(19)11-20-18-10-14-7-5-6-8-15(14)21-13(3)4/h5-8,10,12-13H,9,11H2,1-4H3,(H,17,19)/b18-10+. The van der Waals surface area contributed by atoms with Crippen LogP contribution in [0, 0.1) is 5.92 Å². The molecule has 5 nitrogen and oxygen atoms in total.